The zero-order chi connectivity index (χ0) is 22.5. The van der Waals surface area contributed by atoms with Crippen LogP contribution in [0.3, 0.4) is 0 Å². The highest BCUT2D eigenvalue weighted by atomic mass is 24.5. The second-order valence-electron chi connectivity index (χ2n) is 10.5. The fraction of sp³-hybridized carbons (Fsp3) is 1.00. The predicted octanol–water partition coefficient (Wildman–Crippen LogP) is 11.7. The van der Waals surface area contributed by atoms with Gasteiger partial charge in [-0.05, 0) is 0 Å². The second-order valence-corrected chi connectivity index (χ2v) is 12.7. The monoisotopic (exact) mass is 446 g/mol. The van der Waals surface area contributed by atoms with Gasteiger partial charge in [-0.15, -0.1) is 9.10 Å². The van der Waals surface area contributed by atoms with Crippen LogP contribution in [0.5, 0.6) is 0 Å². The van der Waals surface area contributed by atoms with Crippen LogP contribution < -0.4 is 0 Å². The van der Waals surface area contributed by atoms with E-state index in [-0.39, 0.29) is 0 Å². The summed E-state index contributed by atoms with van der Waals surface area (Å²) >= 11 is 0.291. The van der Waals surface area contributed by atoms with Crippen molar-refractivity contribution in [3.05, 3.63) is 0 Å². The van der Waals surface area contributed by atoms with Crippen LogP contribution >= 0.6 is 0 Å². The van der Waals surface area contributed by atoms with Crippen LogP contribution in [0.4, 0.5) is 0 Å². The first-order valence-corrected chi connectivity index (χ1v) is 17.4. The Balaban J connectivity index is 2.98. The Bertz CT molecular complexity index is 260. The van der Waals surface area contributed by atoms with Crippen molar-refractivity contribution in [2.45, 2.75) is 190 Å². The van der Waals surface area contributed by atoms with Crippen LogP contribution in [0.25, 0.3) is 0 Å². The van der Waals surface area contributed by atoms with Crippen molar-refractivity contribution < 1.29 is 0 Å². The molecule has 0 aliphatic carbocycles. The summed E-state index contributed by atoms with van der Waals surface area (Å²) in [6.45, 7) is 4.62. The molecule has 0 aromatic heterocycles. The van der Waals surface area contributed by atoms with Crippen molar-refractivity contribution in [1.82, 2.24) is 0 Å². The lowest BCUT2D eigenvalue weighted by Gasteiger charge is -2.04. The molecule has 0 spiro atoms. The van der Waals surface area contributed by atoms with Crippen molar-refractivity contribution in [2.75, 3.05) is 0 Å². The minimum absolute atomic E-state index is 0.291. The molecule has 0 amide bonds. The lowest BCUT2D eigenvalue weighted by molar-refractivity contribution is 0.541. The molecule has 0 unspecified atom stereocenters. The van der Waals surface area contributed by atoms with E-state index >= 15 is 0 Å². The largest absolute Gasteiger partial charge is 0.364 e. The van der Waals surface area contributed by atoms with E-state index < -0.39 is 0 Å². The molecule has 184 valence electrons. The third kappa shape index (κ3) is 30.8. The molecule has 0 aliphatic heterocycles. The number of hydrogen-bond donors (Lipinski definition) is 0. The lowest BCUT2D eigenvalue weighted by atomic mass is 10.0. The molecular formula is C30H62Mg. The summed E-state index contributed by atoms with van der Waals surface area (Å²) < 4.78 is 3.27. The highest BCUT2D eigenvalue weighted by Gasteiger charge is 1.98. The molecule has 0 fully saturated rings. The minimum atomic E-state index is 0.291. The zero-order valence-corrected chi connectivity index (χ0v) is 23.9. The van der Waals surface area contributed by atoms with Crippen LogP contribution in [0.15, 0.2) is 0 Å². The summed E-state index contributed by atoms with van der Waals surface area (Å²) in [6.07, 6.45) is 38.8. The highest BCUT2D eigenvalue weighted by molar-refractivity contribution is 6.35. The van der Waals surface area contributed by atoms with E-state index in [2.05, 4.69) is 13.8 Å². The number of hydrogen-bond acceptors (Lipinski definition) is 0. The van der Waals surface area contributed by atoms with Crippen molar-refractivity contribution >= 4 is 20.4 Å². The van der Waals surface area contributed by atoms with Crippen molar-refractivity contribution in [3.8, 4) is 0 Å². The van der Waals surface area contributed by atoms with E-state index in [1.54, 1.807) is 21.9 Å². The average molecular weight is 447 g/mol. The maximum absolute atomic E-state index is 2.31. The van der Waals surface area contributed by atoms with Gasteiger partial charge in [-0.1, -0.05) is 181 Å². The summed E-state index contributed by atoms with van der Waals surface area (Å²) in [5, 5.41) is 0. The first-order valence-electron chi connectivity index (χ1n) is 15.4. The molecular weight excluding hydrogens is 385 g/mol. The van der Waals surface area contributed by atoms with E-state index in [1.807, 2.05) is 0 Å². The summed E-state index contributed by atoms with van der Waals surface area (Å²) in [7, 11) is 0. The molecule has 0 N–H and O–H groups in total. The first-order chi connectivity index (χ1) is 15.4. The SMILES string of the molecule is CCCCCCCCCCCCCC[CH2][Mg][CH2]CCCCCCCCCCCCCC. The Hall–Kier alpha value is 0.766. The van der Waals surface area contributed by atoms with Gasteiger partial charge in [0.15, 0.2) is 0 Å². The molecule has 0 aromatic carbocycles. The quantitative estimate of drug-likeness (QED) is 0.0827. The minimum Gasteiger partial charge on any atom is -0.146 e. The fourth-order valence-electron chi connectivity index (χ4n) is 4.92. The van der Waals surface area contributed by atoms with Crippen LogP contribution in [0, 0.1) is 0 Å². The first kappa shape index (κ1) is 31.8. The Kier molecular flexibility index (Phi) is 31.5. The van der Waals surface area contributed by atoms with Gasteiger partial charge in [-0.25, -0.2) is 0 Å². The van der Waals surface area contributed by atoms with Crippen molar-refractivity contribution in [2.24, 2.45) is 0 Å². The van der Waals surface area contributed by atoms with Crippen LogP contribution in [-0.4, -0.2) is 20.4 Å². The van der Waals surface area contributed by atoms with E-state index in [0.29, 0.717) is 20.4 Å². The number of unbranched alkanes of at least 4 members (excludes halogenated alkanes) is 24. The zero-order valence-electron chi connectivity index (χ0n) is 22.5. The molecule has 0 nitrogen and oxygen atoms in total. The average Bonchev–Trinajstić information content (AvgIpc) is 2.78. The summed E-state index contributed by atoms with van der Waals surface area (Å²) in [4.78, 5) is 0. The normalized spacial score (nSPS) is 11.2. The Morgan fingerprint density at radius 3 is 0.677 bits per heavy atom. The standard InChI is InChI=1S/2C15H31.Mg/c2*1-3-5-7-9-11-13-15-14-12-10-8-6-4-2;/h2*1,3-15H2,2H3;. The molecule has 0 atom stereocenters. The molecule has 1 heteroatoms. The topological polar surface area (TPSA) is 0 Å². The van der Waals surface area contributed by atoms with Crippen LogP contribution in [-0.2, 0) is 0 Å². The van der Waals surface area contributed by atoms with E-state index in [0.717, 1.165) is 0 Å². The summed E-state index contributed by atoms with van der Waals surface area (Å²) in [5.41, 5.74) is 0. The molecule has 0 aliphatic rings. The molecule has 31 heavy (non-hydrogen) atoms. The van der Waals surface area contributed by atoms with Crippen LogP contribution in [0.2, 0.25) is 9.10 Å². The molecule has 0 rings (SSSR count). The predicted molar refractivity (Wildman–Crippen MR) is 147 cm³/mol. The van der Waals surface area contributed by atoms with E-state index in [4.69, 9.17) is 0 Å². The van der Waals surface area contributed by atoms with Gasteiger partial charge in [-0.2, -0.15) is 0 Å². The maximum atomic E-state index is 2.31. The highest BCUT2D eigenvalue weighted by Crippen LogP contribution is 2.15. The molecule has 0 aromatic rings. The molecule has 0 radical (unpaired) electrons. The summed E-state index contributed by atoms with van der Waals surface area (Å²) in [5.74, 6) is 0. The Morgan fingerprint density at radius 2 is 0.452 bits per heavy atom. The third-order valence-electron chi connectivity index (χ3n) is 7.21. The maximum Gasteiger partial charge on any atom is 0.364 e. The van der Waals surface area contributed by atoms with E-state index in [1.165, 1.54) is 154 Å². The molecule has 0 saturated carbocycles. The molecule has 0 heterocycles. The van der Waals surface area contributed by atoms with Gasteiger partial charge in [0.1, 0.15) is 0 Å². The smallest absolute Gasteiger partial charge is 0.146 e. The van der Waals surface area contributed by atoms with E-state index in [9.17, 15) is 0 Å². The van der Waals surface area contributed by atoms with Crippen molar-refractivity contribution in [1.29, 1.82) is 0 Å². The van der Waals surface area contributed by atoms with Gasteiger partial charge in [-0.3, -0.25) is 0 Å². The molecule has 0 bridgehead atoms. The van der Waals surface area contributed by atoms with Crippen molar-refractivity contribution in [3.63, 3.8) is 0 Å². The Labute approximate surface area is 209 Å². The van der Waals surface area contributed by atoms with Gasteiger partial charge in [0.25, 0.3) is 0 Å². The van der Waals surface area contributed by atoms with Gasteiger partial charge >= 0.3 is 20.4 Å². The fourth-order valence-corrected chi connectivity index (χ4v) is 6.69. The lowest BCUT2D eigenvalue weighted by Crippen LogP contribution is -1.90. The van der Waals surface area contributed by atoms with Crippen LogP contribution in [0.1, 0.15) is 181 Å². The number of rotatable bonds is 28. The third-order valence-corrected chi connectivity index (χ3v) is 9.21. The van der Waals surface area contributed by atoms with Gasteiger partial charge in [0, 0.05) is 0 Å². The Morgan fingerprint density at radius 1 is 0.258 bits per heavy atom. The van der Waals surface area contributed by atoms with Gasteiger partial charge in [0.2, 0.25) is 0 Å². The second kappa shape index (κ2) is 30.8. The summed E-state index contributed by atoms with van der Waals surface area (Å²) in [6, 6.07) is 0. The molecule has 0 saturated heterocycles. The van der Waals surface area contributed by atoms with Gasteiger partial charge < -0.3 is 0 Å². The van der Waals surface area contributed by atoms with Gasteiger partial charge in [0.05, 0.1) is 0 Å².